The Balaban J connectivity index is 1.90. The van der Waals surface area contributed by atoms with E-state index in [0.29, 0.717) is 0 Å². The van der Waals surface area contributed by atoms with Gasteiger partial charge in [0.25, 0.3) is 0 Å². The van der Waals surface area contributed by atoms with Gasteiger partial charge >= 0.3 is 0 Å². The lowest BCUT2D eigenvalue weighted by atomic mass is 10.0. The summed E-state index contributed by atoms with van der Waals surface area (Å²) in [7, 11) is 0. The first-order valence-corrected chi connectivity index (χ1v) is 9.42. The van der Waals surface area contributed by atoms with Crippen LogP contribution in [0.15, 0.2) is 54.6 Å². The Morgan fingerprint density at radius 2 is 1.56 bits per heavy atom. The topological polar surface area (TPSA) is 30.7 Å². The minimum Gasteiger partial charge on any atom is -0.244 e. The highest BCUT2D eigenvalue weighted by Gasteiger charge is 2.16. The molecule has 25 heavy (non-hydrogen) atoms. The molecular formula is C21H24ClN3. The van der Waals surface area contributed by atoms with Crippen molar-refractivity contribution in [3.63, 3.8) is 0 Å². The summed E-state index contributed by atoms with van der Waals surface area (Å²) in [4.78, 5) is 0. The Morgan fingerprint density at radius 1 is 0.840 bits per heavy atom. The number of aryl methyl sites for hydroxylation is 1. The number of benzene rings is 2. The van der Waals surface area contributed by atoms with E-state index in [1.165, 1.54) is 25.7 Å². The van der Waals surface area contributed by atoms with Gasteiger partial charge in [0.05, 0.1) is 5.69 Å². The van der Waals surface area contributed by atoms with E-state index in [4.69, 9.17) is 11.6 Å². The number of rotatable bonds is 8. The third-order valence-corrected chi connectivity index (χ3v) is 4.63. The number of unbranched alkanes of at least 4 members (excludes halogenated alkanes) is 4. The minimum atomic E-state index is 0.739. The van der Waals surface area contributed by atoms with Crippen LogP contribution in [0.4, 0.5) is 0 Å². The van der Waals surface area contributed by atoms with E-state index in [9.17, 15) is 0 Å². The van der Waals surface area contributed by atoms with Crippen molar-refractivity contribution in [2.24, 2.45) is 0 Å². The first-order valence-electron chi connectivity index (χ1n) is 9.04. The smallest absolute Gasteiger partial charge is 0.121 e. The molecule has 0 spiro atoms. The highest BCUT2D eigenvalue weighted by Crippen LogP contribution is 2.31. The summed E-state index contributed by atoms with van der Waals surface area (Å²) in [5.41, 5.74) is 4.18. The monoisotopic (exact) mass is 353 g/mol. The minimum absolute atomic E-state index is 0.739. The number of nitrogens with zero attached hydrogens (tertiary/aromatic N) is 3. The van der Waals surface area contributed by atoms with E-state index in [-0.39, 0.29) is 0 Å². The highest BCUT2D eigenvalue weighted by atomic mass is 35.5. The van der Waals surface area contributed by atoms with Gasteiger partial charge in [-0.25, -0.2) is 4.68 Å². The molecule has 2 aromatic carbocycles. The highest BCUT2D eigenvalue weighted by molar-refractivity contribution is 6.30. The SMILES string of the molecule is CCCCCCCn1nnc(-c2ccccc2)c1-c1ccc(Cl)cc1. The standard InChI is InChI=1S/C21H24ClN3/c1-2-3-4-5-9-16-25-21(18-12-14-19(22)15-13-18)20(23-24-25)17-10-7-6-8-11-17/h6-8,10-15H,2-5,9,16H2,1H3. The van der Waals surface area contributed by atoms with E-state index >= 15 is 0 Å². The van der Waals surface area contributed by atoms with Gasteiger partial charge in [0.2, 0.25) is 0 Å². The summed E-state index contributed by atoms with van der Waals surface area (Å²) >= 11 is 6.06. The molecule has 0 amide bonds. The molecule has 0 atom stereocenters. The molecule has 0 fully saturated rings. The van der Waals surface area contributed by atoms with E-state index < -0.39 is 0 Å². The van der Waals surface area contributed by atoms with E-state index in [0.717, 1.165) is 40.5 Å². The zero-order valence-corrected chi connectivity index (χ0v) is 15.4. The number of halogens is 1. The normalized spacial score (nSPS) is 11.0. The van der Waals surface area contributed by atoms with Gasteiger partial charge in [-0.3, -0.25) is 0 Å². The second-order valence-electron chi connectivity index (χ2n) is 6.30. The van der Waals surface area contributed by atoms with Crippen LogP contribution >= 0.6 is 11.6 Å². The maximum absolute atomic E-state index is 6.06. The van der Waals surface area contributed by atoms with Crippen molar-refractivity contribution in [2.45, 2.75) is 45.6 Å². The molecule has 0 aliphatic heterocycles. The Hall–Kier alpha value is -2.13. The fourth-order valence-electron chi connectivity index (χ4n) is 3.02. The van der Waals surface area contributed by atoms with Crippen LogP contribution in [0, 0.1) is 0 Å². The van der Waals surface area contributed by atoms with Crippen LogP contribution in [-0.2, 0) is 6.54 Å². The molecule has 3 aromatic rings. The van der Waals surface area contributed by atoms with Gasteiger partial charge in [0.1, 0.15) is 5.69 Å². The quantitative estimate of drug-likeness (QED) is 0.449. The third-order valence-electron chi connectivity index (χ3n) is 4.37. The molecule has 0 N–H and O–H groups in total. The van der Waals surface area contributed by atoms with Crippen molar-refractivity contribution >= 4 is 11.6 Å². The van der Waals surface area contributed by atoms with Gasteiger partial charge in [-0.15, -0.1) is 5.10 Å². The fourth-order valence-corrected chi connectivity index (χ4v) is 3.14. The van der Waals surface area contributed by atoms with Crippen LogP contribution in [0.3, 0.4) is 0 Å². The van der Waals surface area contributed by atoms with Crippen LogP contribution in [-0.4, -0.2) is 15.0 Å². The van der Waals surface area contributed by atoms with Crippen molar-refractivity contribution in [1.82, 2.24) is 15.0 Å². The summed E-state index contributed by atoms with van der Waals surface area (Å²) in [6, 6.07) is 18.2. The van der Waals surface area contributed by atoms with Crippen LogP contribution in [0.1, 0.15) is 39.0 Å². The third kappa shape index (κ3) is 4.49. The van der Waals surface area contributed by atoms with Crippen LogP contribution in [0.2, 0.25) is 5.02 Å². The molecular weight excluding hydrogens is 330 g/mol. The van der Waals surface area contributed by atoms with Crippen molar-refractivity contribution in [1.29, 1.82) is 0 Å². The molecule has 3 nitrogen and oxygen atoms in total. The van der Waals surface area contributed by atoms with Crippen molar-refractivity contribution in [3.8, 4) is 22.5 Å². The van der Waals surface area contributed by atoms with Gasteiger partial charge in [0.15, 0.2) is 0 Å². The lowest BCUT2D eigenvalue weighted by Gasteiger charge is -2.09. The molecule has 0 saturated carbocycles. The summed E-state index contributed by atoms with van der Waals surface area (Å²) in [6.45, 7) is 3.13. The van der Waals surface area contributed by atoms with Crippen LogP contribution in [0.25, 0.3) is 22.5 Å². The number of aromatic nitrogens is 3. The molecule has 1 heterocycles. The number of hydrogen-bond donors (Lipinski definition) is 0. The molecule has 0 aliphatic carbocycles. The summed E-state index contributed by atoms with van der Waals surface area (Å²) < 4.78 is 2.04. The lowest BCUT2D eigenvalue weighted by molar-refractivity contribution is 0.524. The average Bonchev–Trinajstić information content (AvgIpc) is 3.07. The number of hydrogen-bond acceptors (Lipinski definition) is 2. The summed E-state index contributed by atoms with van der Waals surface area (Å²) in [5.74, 6) is 0. The molecule has 0 aliphatic rings. The largest absolute Gasteiger partial charge is 0.244 e. The molecule has 0 bridgehead atoms. The molecule has 0 radical (unpaired) electrons. The van der Waals surface area contributed by atoms with Crippen molar-refractivity contribution < 1.29 is 0 Å². The predicted molar refractivity (Wildman–Crippen MR) is 105 cm³/mol. The lowest BCUT2D eigenvalue weighted by Crippen LogP contribution is -2.03. The summed E-state index contributed by atoms with van der Waals surface area (Å²) in [5, 5.41) is 9.66. The van der Waals surface area contributed by atoms with Gasteiger partial charge < -0.3 is 0 Å². The second kappa shape index (κ2) is 8.82. The Bertz CT molecular complexity index is 779. The first kappa shape index (κ1) is 17.7. The van der Waals surface area contributed by atoms with Crippen LogP contribution in [0.5, 0.6) is 0 Å². The first-order chi connectivity index (χ1) is 12.3. The van der Waals surface area contributed by atoms with Crippen molar-refractivity contribution in [3.05, 3.63) is 59.6 Å². The zero-order valence-electron chi connectivity index (χ0n) is 14.7. The Kier molecular flexibility index (Phi) is 6.24. The van der Waals surface area contributed by atoms with E-state index in [1.807, 2.05) is 47.1 Å². The molecule has 3 rings (SSSR count). The molecule has 1 aromatic heterocycles. The van der Waals surface area contributed by atoms with E-state index in [1.54, 1.807) is 0 Å². The van der Waals surface area contributed by atoms with E-state index in [2.05, 4.69) is 29.4 Å². The van der Waals surface area contributed by atoms with Crippen molar-refractivity contribution in [2.75, 3.05) is 0 Å². The maximum Gasteiger partial charge on any atom is 0.121 e. The molecule has 130 valence electrons. The predicted octanol–water partition coefficient (Wildman–Crippen LogP) is 6.24. The maximum atomic E-state index is 6.06. The average molecular weight is 354 g/mol. The summed E-state index contributed by atoms with van der Waals surface area (Å²) in [6.07, 6.45) is 6.20. The van der Waals surface area contributed by atoms with Gasteiger partial charge in [-0.2, -0.15) is 0 Å². The van der Waals surface area contributed by atoms with Gasteiger partial charge in [-0.05, 0) is 18.6 Å². The molecule has 0 unspecified atom stereocenters. The van der Waals surface area contributed by atoms with Crippen LogP contribution < -0.4 is 0 Å². The molecule has 4 heteroatoms. The van der Waals surface area contributed by atoms with Gasteiger partial charge in [0, 0.05) is 22.7 Å². The second-order valence-corrected chi connectivity index (χ2v) is 6.73. The fraction of sp³-hybridized carbons (Fsp3) is 0.333. The Labute approximate surface area is 154 Å². The zero-order chi connectivity index (χ0) is 17.5. The molecule has 0 saturated heterocycles. The van der Waals surface area contributed by atoms with Gasteiger partial charge in [-0.1, -0.05) is 91.9 Å². The Morgan fingerprint density at radius 3 is 2.28 bits per heavy atom.